The smallest absolute Gasteiger partial charge is 0.303 e. The summed E-state index contributed by atoms with van der Waals surface area (Å²) in [7, 11) is 4.16. The minimum atomic E-state index is -0.676. The second-order valence-electron chi connectivity index (χ2n) is 15.9. The van der Waals surface area contributed by atoms with Crippen LogP contribution in [-0.2, 0) is 14.4 Å². The predicted molar refractivity (Wildman–Crippen MR) is 226 cm³/mol. The molecule has 7 heteroatoms. The lowest BCUT2D eigenvalue weighted by molar-refractivity contribution is -0.138. The molecule has 7 nitrogen and oxygen atoms in total. The maximum absolute atomic E-state index is 13.1. The molecule has 2 N–H and O–H groups in total. The first-order chi connectivity index (χ1) is 25.8. The Balaban J connectivity index is 3.83. The third-order valence-electron chi connectivity index (χ3n) is 10.3. The SMILES string of the molecule is CN(C)CCCC(=O)N(CCCCCCCCCC/C=C\CCCCCCCC(=O)O)CCCCCCCCCC/C=C\CCCCCCCC(=O)O. The van der Waals surface area contributed by atoms with E-state index in [0.717, 1.165) is 90.3 Å². The van der Waals surface area contributed by atoms with Gasteiger partial charge in [-0.1, -0.05) is 140 Å². The molecule has 0 spiro atoms. The predicted octanol–water partition coefficient (Wildman–Crippen LogP) is 12.9. The number of rotatable bonds is 42. The van der Waals surface area contributed by atoms with Crippen molar-refractivity contribution in [3.63, 3.8) is 0 Å². The average Bonchev–Trinajstić information content (AvgIpc) is 3.12. The number of carbonyl (C=O) groups is 3. The first kappa shape index (κ1) is 50.9. The topological polar surface area (TPSA) is 98.2 Å². The largest absolute Gasteiger partial charge is 0.481 e. The number of allylic oxidation sites excluding steroid dienone is 4. The highest BCUT2D eigenvalue weighted by molar-refractivity contribution is 5.76. The summed E-state index contributed by atoms with van der Waals surface area (Å²) in [5.74, 6) is -0.995. The van der Waals surface area contributed by atoms with E-state index in [4.69, 9.17) is 10.2 Å². The number of hydrogen-bond donors (Lipinski definition) is 2. The van der Waals surface area contributed by atoms with Crippen LogP contribution in [0.25, 0.3) is 0 Å². The monoisotopic (exact) mass is 747 g/mol. The number of carboxylic acid groups (broad SMARTS) is 2. The Kier molecular flexibility index (Phi) is 39.4. The molecule has 0 aliphatic heterocycles. The van der Waals surface area contributed by atoms with E-state index in [-0.39, 0.29) is 0 Å². The maximum atomic E-state index is 13.1. The highest BCUT2D eigenvalue weighted by Crippen LogP contribution is 2.15. The zero-order valence-electron chi connectivity index (χ0n) is 35.0. The van der Waals surface area contributed by atoms with Gasteiger partial charge in [0.1, 0.15) is 0 Å². The first-order valence-corrected chi connectivity index (χ1v) is 22.5. The lowest BCUT2D eigenvalue weighted by Crippen LogP contribution is -2.33. The van der Waals surface area contributed by atoms with Gasteiger partial charge in [-0.3, -0.25) is 14.4 Å². The summed E-state index contributed by atoms with van der Waals surface area (Å²) in [6.07, 6.45) is 47.7. The van der Waals surface area contributed by atoms with Gasteiger partial charge in [0.15, 0.2) is 0 Å². The van der Waals surface area contributed by atoms with Crippen molar-refractivity contribution in [2.75, 3.05) is 33.7 Å². The molecule has 0 heterocycles. The van der Waals surface area contributed by atoms with Gasteiger partial charge in [-0.05, 0) is 104 Å². The minimum Gasteiger partial charge on any atom is -0.481 e. The summed E-state index contributed by atoms with van der Waals surface area (Å²) in [6.45, 7) is 2.84. The van der Waals surface area contributed by atoms with E-state index in [1.54, 1.807) is 0 Å². The van der Waals surface area contributed by atoms with Gasteiger partial charge in [-0.15, -0.1) is 0 Å². The summed E-state index contributed by atoms with van der Waals surface area (Å²) in [6, 6.07) is 0. The highest BCUT2D eigenvalue weighted by atomic mass is 16.4. The van der Waals surface area contributed by atoms with Gasteiger partial charge in [-0.25, -0.2) is 0 Å². The molecule has 0 aromatic carbocycles. The minimum absolute atomic E-state index is 0.311. The van der Waals surface area contributed by atoms with Crippen LogP contribution >= 0.6 is 0 Å². The first-order valence-electron chi connectivity index (χ1n) is 22.5. The lowest BCUT2D eigenvalue weighted by atomic mass is 10.1. The number of carbonyl (C=O) groups excluding carboxylic acids is 1. The second kappa shape index (κ2) is 41.0. The Labute approximate surface area is 327 Å². The lowest BCUT2D eigenvalue weighted by Gasteiger charge is -2.23. The van der Waals surface area contributed by atoms with Crippen LogP contribution < -0.4 is 0 Å². The summed E-state index contributed by atoms with van der Waals surface area (Å²) in [5.41, 5.74) is 0. The van der Waals surface area contributed by atoms with Crippen LogP contribution in [0.2, 0.25) is 0 Å². The van der Waals surface area contributed by atoms with E-state index in [1.165, 1.54) is 128 Å². The molecule has 310 valence electrons. The van der Waals surface area contributed by atoms with Crippen molar-refractivity contribution >= 4 is 17.8 Å². The standard InChI is InChI=1S/C46H86N2O5/c1-47(2)41-37-38-44(49)48(42-35-31-27-23-19-15-11-7-3-5-9-13-17-21-25-29-33-39-45(50)51)43-36-32-28-24-20-16-12-8-4-6-10-14-18-22-26-30-34-40-46(52)53/h5-6,9-10H,3-4,7-8,11-43H2,1-2H3,(H,50,51)(H,52,53)/b9-5-,10-6-. The molecule has 0 rings (SSSR count). The second-order valence-corrected chi connectivity index (χ2v) is 15.9. The zero-order valence-corrected chi connectivity index (χ0v) is 35.0. The van der Waals surface area contributed by atoms with E-state index in [1.807, 2.05) is 0 Å². The zero-order chi connectivity index (χ0) is 38.9. The van der Waals surface area contributed by atoms with Gasteiger partial charge in [0, 0.05) is 32.4 Å². The Hall–Kier alpha value is -2.15. The quantitative estimate of drug-likeness (QED) is 0.0477. The Morgan fingerprint density at radius 1 is 0.358 bits per heavy atom. The summed E-state index contributed by atoms with van der Waals surface area (Å²) in [4.78, 5) is 38.5. The molecule has 53 heavy (non-hydrogen) atoms. The molecule has 0 aliphatic carbocycles. The van der Waals surface area contributed by atoms with Crippen molar-refractivity contribution in [3.8, 4) is 0 Å². The van der Waals surface area contributed by atoms with Crippen molar-refractivity contribution in [3.05, 3.63) is 24.3 Å². The number of aliphatic carboxylic acids is 2. The molecule has 0 unspecified atom stereocenters. The number of amides is 1. The molecule has 0 aromatic rings. The van der Waals surface area contributed by atoms with Gasteiger partial charge in [-0.2, -0.15) is 0 Å². The van der Waals surface area contributed by atoms with E-state index in [9.17, 15) is 14.4 Å². The van der Waals surface area contributed by atoms with Crippen LogP contribution in [0.4, 0.5) is 0 Å². The third kappa shape index (κ3) is 42.5. The summed E-state index contributed by atoms with van der Waals surface area (Å²) < 4.78 is 0. The van der Waals surface area contributed by atoms with E-state index in [0.29, 0.717) is 25.2 Å². The molecule has 0 aromatic heterocycles. The molecule has 0 bridgehead atoms. The third-order valence-corrected chi connectivity index (χ3v) is 10.3. The van der Waals surface area contributed by atoms with Crippen LogP contribution in [0.15, 0.2) is 24.3 Å². The van der Waals surface area contributed by atoms with Gasteiger partial charge in [0.2, 0.25) is 5.91 Å². The van der Waals surface area contributed by atoms with Crippen LogP contribution in [0, 0.1) is 0 Å². The molecule has 1 amide bonds. The molecular weight excluding hydrogens is 661 g/mol. The van der Waals surface area contributed by atoms with Crippen molar-refractivity contribution in [1.82, 2.24) is 9.80 Å². The van der Waals surface area contributed by atoms with Crippen molar-refractivity contribution < 1.29 is 24.6 Å². The fraction of sp³-hybridized carbons (Fsp3) is 0.848. The van der Waals surface area contributed by atoms with Crippen molar-refractivity contribution in [1.29, 1.82) is 0 Å². The number of nitrogens with zero attached hydrogens (tertiary/aromatic N) is 2. The van der Waals surface area contributed by atoms with Crippen LogP contribution in [0.5, 0.6) is 0 Å². The van der Waals surface area contributed by atoms with E-state index < -0.39 is 11.9 Å². The van der Waals surface area contributed by atoms with Crippen LogP contribution in [0.1, 0.15) is 218 Å². The molecule has 0 fully saturated rings. The Morgan fingerprint density at radius 3 is 0.943 bits per heavy atom. The van der Waals surface area contributed by atoms with Gasteiger partial charge in [0.25, 0.3) is 0 Å². The van der Waals surface area contributed by atoms with Crippen LogP contribution in [0.3, 0.4) is 0 Å². The molecule has 0 saturated heterocycles. The van der Waals surface area contributed by atoms with Gasteiger partial charge >= 0.3 is 11.9 Å². The Morgan fingerprint density at radius 2 is 0.642 bits per heavy atom. The normalized spacial score (nSPS) is 11.8. The highest BCUT2D eigenvalue weighted by Gasteiger charge is 2.13. The fourth-order valence-corrected chi connectivity index (χ4v) is 6.93. The van der Waals surface area contributed by atoms with Crippen molar-refractivity contribution in [2.45, 2.75) is 218 Å². The molecule has 0 saturated carbocycles. The van der Waals surface area contributed by atoms with Crippen LogP contribution in [-0.4, -0.2) is 71.6 Å². The molecule has 0 radical (unpaired) electrons. The average molecular weight is 747 g/mol. The summed E-state index contributed by atoms with van der Waals surface area (Å²) >= 11 is 0. The van der Waals surface area contributed by atoms with Gasteiger partial charge < -0.3 is 20.0 Å². The maximum Gasteiger partial charge on any atom is 0.303 e. The number of carboxylic acids is 2. The fourth-order valence-electron chi connectivity index (χ4n) is 6.93. The summed E-state index contributed by atoms with van der Waals surface area (Å²) in [5, 5.41) is 17.4. The van der Waals surface area contributed by atoms with Gasteiger partial charge in [0.05, 0.1) is 0 Å². The molecule has 0 aliphatic rings. The molecule has 0 atom stereocenters. The van der Waals surface area contributed by atoms with E-state index >= 15 is 0 Å². The molecular formula is C46H86N2O5. The van der Waals surface area contributed by atoms with Crippen molar-refractivity contribution in [2.24, 2.45) is 0 Å². The Bertz CT molecular complexity index is 829. The number of unbranched alkanes of at least 4 members (excludes halogenated alkanes) is 26. The van der Waals surface area contributed by atoms with E-state index in [2.05, 4.69) is 48.2 Å². The number of hydrogen-bond acceptors (Lipinski definition) is 4.